The maximum absolute atomic E-state index is 12.9. The molecular weight excluding hydrogens is 462 g/mol. The molecule has 194 valence electrons. The highest BCUT2D eigenvalue weighted by Gasteiger charge is 2.32. The van der Waals surface area contributed by atoms with Crippen molar-refractivity contribution < 1.29 is 28.6 Å². The number of nitrogens with zero attached hydrogens (tertiary/aromatic N) is 1. The third-order valence-electron chi connectivity index (χ3n) is 5.77. The molecule has 1 heterocycles. The number of carbonyl (C=O) groups excluding carboxylic acids is 3. The van der Waals surface area contributed by atoms with Crippen LogP contribution in [0.25, 0.3) is 0 Å². The van der Waals surface area contributed by atoms with E-state index >= 15 is 0 Å². The molecule has 1 aliphatic heterocycles. The van der Waals surface area contributed by atoms with Gasteiger partial charge in [0.1, 0.15) is 0 Å². The second-order valence-electron chi connectivity index (χ2n) is 8.42. The van der Waals surface area contributed by atoms with Crippen LogP contribution in [0.4, 0.5) is 11.4 Å². The average Bonchev–Trinajstić information content (AvgIpc) is 2.82. The van der Waals surface area contributed by atoms with Crippen molar-refractivity contribution in [1.82, 2.24) is 4.90 Å². The van der Waals surface area contributed by atoms with Gasteiger partial charge >= 0.3 is 5.97 Å². The highest BCUT2D eigenvalue weighted by Crippen LogP contribution is 2.40. The number of anilines is 2. The molecule has 0 saturated heterocycles. The van der Waals surface area contributed by atoms with Crippen molar-refractivity contribution in [2.24, 2.45) is 0 Å². The summed E-state index contributed by atoms with van der Waals surface area (Å²) in [7, 11) is 0. The van der Waals surface area contributed by atoms with Crippen molar-refractivity contribution >= 4 is 29.2 Å². The molecule has 0 aromatic heterocycles. The molecule has 1 atom stereocenters. The largest absolute Gasteiger partial charge is 0.490 e. The summed E-state index contributed by atoms with van der Waals surface area (Å²) >= 11 is 0. The third kappa shape index (κ3) is 7.21. The molecule has 36 heavy (non-hydrogen) atoms. The van der Waals surface area contributed by atoms with E-state index in [1.54, 1.807) is 31.2 Å². The van der Waals surface area contributed by atoms with Crippen LogP contribution in [0, 0.1) is 0 Å². The molecule has 2 N–H and O–H groups in total. The van der Waals surface area contributed by atoms with Crippen LogP contribution >= 0.6 is 0 Å². The molecule has 2 amide bonds. The smallest absolute Gasteiger partial charge is 0.307 e. The van der Waals surface area contributed by atoms with Crippen LogP contribution in [0.1, 0.15) is 51.3 Å². The van der Waals surface area contributed by atoms with Crippen molar-refractivity contribution in [2.75, 3.05) is 43.5 Å². The van der Waals surface area contributed by atoms with Gasteiger partial charge in [-0.15, -0.1) is 0 Å². The van der Waals surface area contributed by atoms with Crippen LogP contribution in [-0.2, 0) is 25.5 Å². The van der Waals surface area contributed by atoms with Gasteiger partial charge in [0.2, 0.25) is 11.8 Å². The lowest BCUT2D eigenvalue weighted by molar-refractivity contribution is -0.145. The fourth-order valence-electron chi connectivity index (χ4n) is 4.33. The molecule has 9 nitrogen and oxygen atoms in total. The van der Waals surface area contributed by atoms with E-state index < -0.39 is 0 Å². The summed E-state index contributed by atoms with van der Waals surface area (Å²) in [5.41, 5.74) is 3.28. The monoisotopic (exact) mass is 497 g/mol. The highest BCUT2D eigenvalue weighted by molar-refractivity contribution is 5.93. The van der Waals surface area contributed by atoms with Crippen LogP contribution < -0.4 is 20.1 Å². The molecular formula is C27H35N3O6. The second-order valence-corrected chi connectivity index (χ2v) is 8.42. The Morgan fingerprint density at radius 3 is 2.11 bits per heavy atom. The Balaban J connectivity index is 1.81. The highest BCUT2D eigenvalue weighted by atomic mass is 16.5. The first kappa shape index (κ1) is 27.0. The molecule has 0 radical (unpaired) electrons. The molecule has 1 aliphatic rings. The molecule has 0 bridgehead atoms. The summed E-state index contributed by atoms with van der Waals surface area (Å²) < 4.78 is 16.8. The molecule has 9 heteroatoms. The number of hydrogen-bond acceptors (Lipinski definition) is 7. The normalized spacial score (nSPS) is 14.9. The zero-order valence-electron chi connectivity index (χ0n) is 21.4. The number of rotatable bonds is 11. The van der Waals surface area contributed by atoms with Crippen molar-refractivity contribution in [3.63, 3.8) is 0 Å². The van der Waals surface area contributed by atoms with Gasteiger partial charge < -0.3 is 24.8 Å². The first-order valence-electron chi connectivity index (χ1n) is 12.3. The van der Waals surface area contributed by atoms with Gasteiger partial charge in [-0.2, -0.15) is 0 Å². The minimum absolute atomic E-state index is 0.105. The van der Waals surface area contributed by atoms with Crippen molar-refractivity contribution in [2.45, 2.75) is 46.6 Å². The number of fused-ring (bicyclic) bond motifs is 1. The molecule has 2 aromatic rings. The zero-order valence-corrected chi connectivity index (χ0v) is 21.4. The molecule has 2 aromatic carbocycles. The molecule has 0 aliphatic carbocycles. The van der Waals surface area contributed by atoms with E-state index in [2.05, 4.69) is 10.6 Å². The standard InChI is InChI=1S/C27H35N3O6/c1-5-34-24-14-19-12-13-30(17-26(32)29-21-10-8-20(9-11-21)28-18(4)31)23(16-27(33)36-7-3)22(19)15-25(24)35-6-2/h8-11,14-15,23H,5-7,12-13,16-17H2,1-4H3,(H,28,31)(H,29,32)/t23-/m1/s1. The van der Waals surface area contributed by atoms with Gasteiger partial charge in [0.15, 0.2) is 11.5 Å². The number of hydrogen-bond donors (Lipinski definition) is 2. The lowest BCUT2D eigenvalue weighted by Gasteiger charge is -2.37. The summed E-state index contributed by atoms with van der Waals surface area (Å²) in [6.45, 7) is 9.04. The number of carbonyl (C=O) groups is 3. The Bertz CT molecular complexity index is 1070. The minimum atomic E-state index is -0.337. The first-order chi connectivity index (χ1) is 17.3. The average molecular weight is 498 g/mol. The SMILES string of the molecule is CCOC(=O)C[C@@H]1c2cc(OCC)c(OCC)cc2CCN1CC(=O)Nc1ccc(NC(C)=O)cc1. The Kier molecular flexibility index (Phi) is 9.69. The van der Waals surface area contributed by atoms with E-state index in [9.17, 15) is 14.4 Å². The van der Waals surface area contributed by atoms with Crippen molar-refractivity contribution in [3.8, 4) is 11.5 Å². The predicted molar refractivity (Wildman–Crippen MR) is 137 cm³/mol. The maximum atomic E-state index is 12.9. The summed E-state index contributed by atoms with van der Waals surface area (Å²) in [6.07, 6.45) is 0.832. The topological polar surface area (TPSA) is 106 Å². The van der Waals surface area contributed by atoms with Gasteiger partial charge in [-0.1, -0.05) is 0 Å². The molecule has 3 rings (SSSR count). The van der Waals surface area contributed by atoms with Gasteiger partial charge in [0.25, 0.3) is 0 Å². The summed E-state index contributed by atoms with van der Waals surface area (Å²) in [5, 5.41) is 5.59. The number of nitrogens with one attached hydrogen (secondary N) is 2. The molecule has 0 saturated carbocycles. The predicted octanol–water partition coefficient (Wildman–Crippen LogP) is 3.93. The molecule has 0 fully saturated rings. The Morgan fingerprint density at radius 1 is 0.917 bits per heavy atom. The van der Waals surface area contributed by atoms with E-state index in [-0.39, 0.29) is 36.8 Å². The van der Waals surface area contributed by atoms with Gasteiger partial charge in [0, 0.05) is 30.9 Å². The fraction of sp³-hybridized carbons (Fsp3) is 0.444. The van der Waals surface area contributed by atoms with E-state index in [4.69, 9.17) is 14.2 Å². The van der Waals surface area contributed by atoms with E-state index in [0.717, 1.165) is 11.1 Å². The number of ether oxygens (including phenoxy) is 3. The minimum Gasteiger partial charge on any atom is -0.490 e. The van der Waals surface area contributed by atoms with Crippen LogP contribution in [0.15, 0.2) is 36.4 Å². The van der Waals surface area contributed by atoms with Crippen LogP contribution in [0.3, 0.4) is 0 Å². The third-order valence-corrected chi connectivity index (χ3v) is 5.77. The van der Waals surface area contributed by atoms with Crippen molar-refractivity contribution in [3.05, 3.63) is 47.5 Å². The van der Waals surface area contributed by atoms with E-state index in [1.165, 1.54) is 6.92 Å². The van der Waals surface area contributed by atoms with Gasteiger partial charge in [-0.25, -0.2) is 0 Å². The first-order valence-corrected chi connectivity index (χ1v) is 12.3. The van der Waals surface area contributed by atoms with Gasteiger partial charge in [-0.3, -0.25) is 19.3 Å². The van der Waals surface area contributed by atoms with Crippen LogP contribution in [0.5, 0.6) is 11.5 Å². The zero-order chi connectivity index (χ0) is 26.1. The Hall–Kier alpha value is -3.59. The quantitative estimate of drug-likeness (QED) is 0.453. The maximum Gasteiger partial charge on any atom is 0.307 e. The Morgan fingerprint density at radius 2 is 1.53 bits per heavy atom. The van der Waals surface area contributed by atoms with E-state index in [1.807, 2.05) is 30.9 Å². The van der Waals surface area contributed by atoms with Gasteiger partial charge in [0.05, 0.1) is 32.8 Å². The fourth-order valence-corrected chi connectivity index (χ4v) is 4.33. The summed E-state index contributed by atoms with van der Waals surface area (Å²) in [5.74, 6) is 0.627. The lowest BCUT2D eigenvalue weighted by atomic mass is 9.90. The molecule has 0 unspecified atom stereocenters. The number of benzene rings is 2. The lowest BCUT2D eigenvalue weighted by Crippen LogP contribution is -2.41. The van der Waals surface area contributed by atoms with E-state index in [0.29, 0.717) is 55.7 Å². The summed E-state index contributed by atoms with van der Waals surface area (Å²) in [4.78, 5) is 38.6. The van der Waals surface area contributed by atoms with Crippen LogP contribution in [0.2, 0.25) is 0 Å². The Labute approximate surface area is 212 Å². The number of esters is 1. The second kappa shape index (κ2) is 12.9. The van der Waals surface area contributed by atoms with Crippen LogP contribution in [-0.4, -0.2) is 55.6 Å². The van der Waals surface area contributed by atoms with Crippen molar-refractivity contribution in [1.29, 1.82) is 0 Å². The molecule has 0 spiro atoms. The summed E-state index contributed by atoms with van der Waals surface area (Å²) in [6, 6.07) is 10.5. The van der Waals surface area contributed by atoms with Gasteiger partial charge in [-0.05, 0) is 74.7 Å². The number of amides is 2.